The minimum Gasteiger partial charge on any atom is -0.506 e. The van der Waals surface area contributed by atoms with E-state index in [1.165, 1.54) is 32.1 Å². The van der Waals surface area contributed by atoms with Crippen molar-refractivity contribution in [2.24, 2.45) is 0 Å². The van der Waals surface area contributed by atoms with Gasteiger partial charge in [-0.2, -0.15) is 0 Å². The van der Waals surface area contributed by atoms with E-state index in [1.54, 1.807) is 0 Å². The lowest BCUT2D eigenvalue weighted by Crippen LogP contribution is -2.36. The third-order valence-corrected chi connectivity index (χ3v) is 5.04. The number of phenolic OH excluding ortho intramolecular Hbond substituents is 1. The van der Waals surface area contributed by atoms with E-state index < -0.39 is 0 Å². The summed E-state index contributed by atoms with van der Waals surface area (Å²) in [6, 6.07) is 4.58. The number of benzene rings is 1. The minimum absolute atomic E-state index is 0. The van der Waals surface area contributed by atoms with E-state index in [4.69, 9.17) is 0 Å². The molecular formula is C15H22Br2ClNO. The molecule has 114 valence electrons. The number of hydrogen-bond acceptors (Lipinski definition) is 2. The molecule has 2 rings (SSSR count). The van der Waals surface area contributed by atoms with Crippen molar-refractivity contribution in [1.82, 2.24) is 4.90 Å². The molecule has 1 aliphatic carbocycles. The predicted molar refractivity (Wildman–Crippen MR) is 93.7 cm³/mol. The molecule has 1 saturated carbocycles. The summed E-state index contributed by atoms with van der Waals surface area (Å²) in [7, 11) is 0. The molecule has 1 aromatic carbocycles. The molecule has 1 fully saturated rings. The van der Waals surface area contributed by atoms with E-state index >= 15 is 0 Å². The van der Waals surface area contributed by atoms with Gasteiger partial charge in [0, 0.05) is 22.6 Å². The first-order valence-electron chi connectivity index (χ1n) is 7.02. The Morgan fingerprint density at radius 3 is 2.45 bits per heavy atom. The number of aromatic hydroxyl groups is 1. The molecule has 0 unspecified atom stereocenters. The first-order valence-corrected chi connectivity index (χ1v) is 8.61. The second-order valence-corrected chi connectivity index (χ2v) is 7.02. The second kappa shape index (κ2) is 8.62. The lowest BCUT2D eigenvalue weighted by Gasteiger charge is -2.33. The highest BCUT2D eigenvalue weighted by molar-refractivity contribution is 9.11. The van der Waals surface area contributed by atoms with Gasteiger partial charge in [0.25, 0.3) is 0 Å². The molecule has 0 bridgehead atoms. The van der Waals surface area contributed by atoms with Crippen LogP contribution in [0.25, 0.3) is 0 Å². The minimum atomic E-state index is 0. The summed E-state index contributed by atoms with van der Waals surface area (Å²) in [4.78, 5) is 2.49. The Bertz CT molecular complexity index is 436. The summed E-state index contributed by atoms with van der Waals surface area (Å²) in [5.74, 6) is 0.373. The third kappa shape index (κ3) is 4.62. The monoisotopic (exact) mass is 425 g/mol. The van der Waals surface area contributed by atoms with Gasteiger partial charge in [-0.3, -0.25) is 4.90 Å². The third-order valence-electron chi connectivity index (χ3n) is 3.98. The van der Waals surface area contributed by atoms with Gasteiger partial charge in [0.1, 0.15) is 5.75 Å². The Morgan fingerprint density at radius 1 is 1.20 bits per heavy atom. The van der Waals surface area contributed by atoms with Gasteiger partial charge in [-0.1, -0.05) is 42.1 Å². The maximum Gasteiger partial charge on any atom is 0.134 e. The van der Waals surface area contributed by atoms with Crippen molar-refractivity contribution in [2.45, 2.75) is 51.6 Å². The molecule has 0 aromatic heterocycles. The molecule has 1 aliphatic rings. The zero-order chi connectivity index (χ0) is 13.8. The van der Waals surface area contributed by atoms with Gasteiger partial charge in [0.05, 0.1) is 4.47 Å². The Balaban J connectivity index is 0.00000200. The van der Waals surface area contributed by atoms with Crippen LogP contribution >= 0.6 is 44.3 Å². The van der Waals surface area contributed by atoms with Crippen LogP contribution in [-0.4, -0.2) is 22.6 Å². The van der Waals surface area contributed by atoms with Gasteiger partial charge in [-0.15, -0.1) is 12.4 Å². The molecule has 20 heavy (non-hydrogen) atoms. The molecule has 0 amide bonds. The highest BCUT2D eigenvalue weighted by Crippen LogP contribution is 2.33. The van der Waals surface area contributed by atoms with E-state index in [1.807, 2.05) is 12.1 Å². The smallest absolute Gasteiger partial charge is 0.134 e. The molecule has 5 heteroatoms. The van der Waals surface area contributed by atoms with Crippen molar-refractivity contribution in [3.63, 3.8) is 0 Å². The normalized spacial score (nSPS) is 16.2. The van der Waals surface area contributed by atoms with Gasteiger partial charge in [-0.05, 0) is 47.4 Å². The number of halogens is 3. The van der Waals surface area contributed by atoms with Crippen LogP contribution in [0.4, 0.5) is 0 Å². The fourth-order valence-electron chi connectivity index (χ4n) is 2.90. The number of nitrogens with zero attached hydrogens (tertiary/aromatic N) is 1. The van der Waals surface area contributed by atoms with Crippen LogP contribution in [0, 0.1) is 0 Å². The van der Waals surface area contributed by atoms with Crippen molar-refractivity contribution in [3.8, 4) is 5.75 Å². The number of hydrogen-bond donors (Lipinski definition) is 1. The Kier molecular flexibility index (Phi) is 7.88. The van der Waals surface area contributed by atoms with E-state index in [2.05, 4.69) is 43.7 Å². The highest BCUT2D eigenvalue weighted by Gasteiger charge is 2.21. The van der Waals surface area contributed by atoms with Crippen LogP contribution in [0.1, 0.15) is 44.6 Å². The maximum atomic E-state index is 10.2. The zero-order valence-electron chi connectivity index (χ0n) is 11.7. The topological polar surface area (TPSA) is 23.5 Å². The van der Waals surface area contributed by atoms with E-state index in [9.17, 15) is 5.11 Å². The fourth-order valence-corrected chi connectivity index (χ4v) is 4.22. The Hall–Kier alpha value is 0.230. The summed E-state index contributed by atoms with van der Waals surface area (Å²) in [6.45, 7) is 4.07. The summed E-state index contributed by atoms with van der Waals surface area (Å²) in [6.07, 6.45) is 6.65. The SMILES string of the molecule is CCN(Cc1cc(Br)cc(Br)c1O)C1CCCCC1.Cl. The van der Waals surface area contributed by atoms with Gasteiger partial charge >= 0.3 is 0 Å². The van der Waals surface area contributed by atoms with Crippen molar-refractivity contribution in [1.29, 1.82) is 0 Å². The highest BCUT2D eigenvalue weighted by atomic mass is 79.9. The van der Waals surface area contributed by atoms with E-state index in [-0.39, 0.29) is 12.4 Å². The fraction of sp³-hybridized carbons (Fsp3) is 0.600. The zero-order valence-corrected chi connectivity index (χ0v) is 15.7. The predicted octanol–water partition coefficient (Wildman–Crippen LogP) is 5.49. The first kappa shape index (κ1) is 18.3. The lowest BCUT2D eigenvalue weighted by molar-refractivity contribution is 0.154. The Morgan fingerprint density at radius 2 is 1.85 bits per heavy atom. The summed E-state index contributed by atoms with van der Waals surface area (Å²) < 4.78 is 1.77. The van der Waals surface area contributed by atoms with Crippen molar-refractivity contribution in [2.75, 3.05) is 6.54 Å². The molecule has 0 radical (unpaired) electrons. The van der Waals surface area contributed by atoms with Gasteiger partial charge < -0.3 is 5.11 Å². The molecule has 0 aliphatic heterocycles. The average Bonchev–Trinajstić information content (AvgIpc) is 2.42. The molecule has 0 spiro atoms. The molecule has 2 nitrogen and oxygen atoms in total. The lowest BCUT2D eigenvalue weighted by atomic mass is 9.94. The van der Waals surface area contributed by atoms with Gasteiger partial charge in [0.15, 0.2) is 0 Å². The second-order valence-electron chi connectivity index (χ2n) is 5.25. The van der Waals surface area contributed by atoms with Crippen molar-refractivity contribution >= 4 is 44.3 Å². The van der Waals surface area contributed by atoms with Crippen LogP contribution in [-0.2, 0) is 6.54 Å². The molecule has 1 N–H and O–H groups in total. The number of phenols is 1. The maximum absolute atomic E-state index is 10.2. The largest absolute Gasteiger partial charge is 0.506 e. The van der Waals surface area contributed by atoms with Crippen LogP contribution in [0.2, 0.25) is 0 Å². The summed E-state index contributed by atoms with van der Waals surface area (Å²) in [5, 5.41) is 10.2. The van der Waals surface area contributed by atoms with Gasteiger partial charge in [0.2, 0.25) is 0 Å². The quantitative estimate of drug-likeness (QED) is 0.686. The van der Waals surface area contributed by atoms with Crippen LogP contribution in [0.5, 0.6) is 5.75 Å². The molecular weight excluding hydrogens is 405 g/mol. The standard InChI is InChI=1S/C15H21Br2NO.ClH/c1-2-18(13-6-4-3-5-7-13)10-11-8-12(16)9-14(17)15(11)19;/h8-9,13,19H,2-7,10H2,1H3;1H. The molecule has 0 saturated heterocycles. The molecule has 0 atom stereocenters. The summed E-state index contributed by atoms with van der Waals surface area (Å²) in [5.41, 5.74) is 0.994. The first-order chi connectivity index (χ1) is 9.11. The molecule has 1 aromatic rings. The van der Waals surface area contributed by atoms with Crippen LogP contribution < -0.4 is 0 Å². The molecule has 0 heterocycles. The van der Waals surface area contributed by atoms with Crippen LogP contribution in [0.15, 0.2) is 21.1 Å². The average molecular weight is 428 g/mol. The summed E-state index contributed by atoms with van der Waals surface area (Å²) >= 11 is 6.90. The Labute approximate surface area is 144 Å². The number of rotatable bonds is 4. The van der Waals surface area contributed by atoms with Crippen molar-refractivity contribution in [3.05, 3.63) is 26.6 Å². The van der Waals surface area contributed by atoms with Crippen LogP contribution in [0.3, 0.4) is 0 Å². The van der Waals surface area contributed by atoms with E-state index in [0.717, 1.165) is 27.6 Å². The van der Waals surface area contributed by atoms with E-state index in [0.29, 0.717) is 11.8 Å². The van der Waals surface area contributed by atoms with Crippen molar-refractivity contribution < 1.29 is 5.11 Å². The van der Waals surface area contributed by atoms with Gasteiger partial charge in [-0.25, -0.2) is 0 Å².